The molecule has 0 aliphatic heterocycles. The highest BCUT2D eigenvalue weighted by Crippen LogP contribution is 2.13. The third kappa shape index (κ3) is 6.29. The van der Waals surface area contributed by atoms with Crippen LogP contribution in [0, 0.1) is 0 Å². The van der Waals surface area contributed by atoms with E-state index in [0.29, 0.717) is 6.04 Å². The molecule has 0 amide bonds. The summed E-state index contributed by atoms with van der Waals surface area (Å²) < 4.78 is 5.43. The van der Waals surface area contributed by atoms with E-state index < -0.39 is 0 Å². The number of thioether (sulfide) groups is 1. The molecule has 0 bridgehead atoms. The highest BCUT2D eigenvalue weighted by Gasteiger charge is 2.15. The van der Waals surface area contributed by atoms with Crippen molar-refractivity contribution in [3.05, 3.63) is 17.5 Å². The summed E-state index contributed by atoms with van der Waals surface area (Å²) in [4.78, 5) is 2.35. The average molecular weight is 299 g/mol. The molecule has 0 spiro atoms. The van der Waals surface area contributed by atoms with Gasteiger partial charge in [0.15, 0.2) is 5.76 Å². The second-order valence-electron chi connectivity index (χ2n) is 6.32. The van der Waals surface area contributed by atoms with E-state index in [1.807, 2.05) is 11.8 Å². The van der Waals surface area contributed by atoms with Crippen molar-refractivity contribution in [1.82, 2.24) is 15.4 Å². The monoisotopic (exact) mass is 299 g/mol. The summed E-state index contributed by atoms with van der Waals surface area (Å²) in [7, 11) is 2.15. The molecule has 1 aromatic rings. The van der Waals surface area contributed by atoms with E-state index in [4.69, 9.17) is 4.52 Å². The van der Waals surface area contributed by atoms with Crippen LogP contribution in [0.5, 0.6) is 0 Å². The molecule has 0 aliphatic rings. The maximum atomic E-state index is 5.43. The van der Waals surface area contributed by atoms with Crippen LogP contribution >= 0.6 is 11.8 Å². The van der Waals surface area contributed by atoms with Crippen LogP contribution in [-0.2, 0) is 13.1 Å². The second kappa shape index (κ2) is 8.05. The minimum absolute atomic E-state index is 0.0988. The first-order valence-corrected chi connectivity index (χ1v) is 8.63. The Bertz CT molecular complexity index is 387. The molecule has 0 radical (unpaired) electrons. The van der Waals surface area contributed by atoms with E-state index in [0.717, 1.165) is 36.7 Å². The molecule has 0 aliphatic carbocycles. The van der Waals surface area contributed by atoms with Gasteiger partial charge in [-0.25, -0.2) is 0 Å². The zero-order valence-electron chi connectivity index (χ0n) is 13.7. The standard InChI is InChI=1S/C15H29N3OS/c1-7-13(11-20-6)18(5)10-14-8-12(17-19-14)9-16-15(2,3)4/h8,13,16H,7,9-11H2,1-6H3. The van der Waals surface area contributed by atoms with Crippen molar-refractivity contribution in [1.29, 1.82) is 0 Å². The van der Waals surface area contributed by atoms with Gasteiger partial charge in [0.05, 0.1) is 12.2 Å². The minimum Gasteiger partial charge on any atom is -0.360 e. The summed E-state index contributed by atoms with van der Waals surface area (Å²) in [6.07, 6.45) is 3.31. The topological polar surface area (TPSA) is 41.3 Å². The smallest absolute Gasteiger partial charge is 0.151 e. The third-order valence-electron chi connectivity index (χ3n) is 3.27. The van der Waals surface area contributed by atoms with Crippen LogP contribution in [-0.4, -0.2) is 40.7 Å². The SMILES string of the molecule is CCC(CSC)N(C)Cc1cc(CNC(C)(C)C)no1. The summed E-state index contributed by atoms with van der Waals surface area (Å²) in [5.41, 5.74) is 1.07. The fourth-order valence-corrected chi connectivity index (χ4v) is 2.87. The van der Waals surface area contributed by atoms with Crippen molar-refractivity contribution < 1.29 is 4.52 Å². The van der Waals surface area contributed by atoms with Crippen LogP contribution < -0.4 is 5.32 Å². The van der Waals surface area contributed by atoms with Crippen LogP contribution in [0.4, 0.5) is 0 Å². The quantitative estimate of drug-likeness (QED) is 0.798. The van der Waals surface area contributed by atoms with Gasteiger partial charge in [-0.3, -0.25) is 4.90 Å². The van der Waals surface area contributed by atoms with Crippen molar-refractivity contribution >= 4 is 11.8 Å². The Morgan fingerprint density at radius 1 is 1.45 bits per heavy atom. The number of aromatic nitrogens is 1. The normalized spacial score (nSPS) is 13.9. The van der Waals surface area contributed by atoms with Gasteiger partial charge in [0.25, 0.3) is 0 Å². The molecular weight excluding hydrogens is 270 g/mol. The lowest BCUT2D eigenvalue weighted by atomic mass is 10.1. The van der Waals surface area contributed by atoms with Crippen LogP contribution in [0.1, 0.15) is 45.6 Å². The van der Waals surface area contributed by atoms with Gasteiger partial charge in [-0.1, -0.05) is 12.1 Å². The molecule has 1 heterocycles. The predicted molar refractivity (Wildman–Crippen MR) is 87.0 cm³/mol. The molecule has 20 heavy (non-hydrogen) atoms. The van der Waals surface area contributed by atoms with Gasteiger partial charge >= 0.3 is 0 Å². The van der Waals surface area contributed by atoms with Crippen molar-refractivity contribution in [2.24, 2.45) is 0 Å². The number of hydrogen-bond acceptors (Lipinski definition) is 5. The molecule has 0 fully saturated rings. The van der Waals surface area contributed by atoms with Gasteiger partial charge in [0, 0.05) is 29.9 Å². The molecule has 1 N–H and O–H groups in total. The zero-order chi connectivity index (χ0) is 15.2. The van der Waals surface area contributed by atoms with Gasteiger partial charge in [0.1, 0.15) is 0 Å². The van der Waals surface area contributed by atoms with Crippen LogP contribution in [0.15, 0.2) is 10.6 Å². The number of rotatable bonds is 8. The summed E-state index contributed by atoms with van der Waals surface area (Å²) in [5, 5.41) is 7.55. The van der Waals surface area contributed by atoms with Gasteiger partial charge in [-0.15, -0.1) is 0 Å². The lowest BCUT2D eigenvalue weighted by molar-refractivity contribution is 0.217. The van der Waals surface area contributed by atoms with E-state index >= 15 is 0 Å². The van der Waals surface area contributed by atoms with Crippen molar-refractivity contribution in [3.8, 4) is 0 Å². The van der Waals surface area contributed by atoms with Crippen molar-refractivity contribution in [2.45, 2.75) is 58.8 Å². The maximum Gasteiger partial charge on any atom is 0.151 e. The molecule has 0 saturated heterocycles. The Labute approximate surface area is 127 Å². The molecule has 1 unspecified atom stereocenters. The minimum atomic E-state index is 0.0988. The molecule has 116 valence electrons. The second-order valence-corrected chi connectivity index (χ2v) is 7.23. The first-order valence-electron chi connectivity index (χ1n) is 7.24. The van der Waals surface area contributed by atoms with E-state index in [9.17, 15) is 0 Å². The summed E-state index contributed by atoms with van der Waals surface area (Å²) in [6, 6.07) is 2.65. The Morgan fingerprint density at radius 3 is 2.70 bits per heavy atom. The number of nitrogens with zero attached hydrogens (tertiary/aromatic N) is 2. The highest BCUT2D eigenvalue weighted by molar-refractivity contribution is 7.98. The fraction of sp³-hybridized carbons (Fsp3) is 0.800. The molecule has 1 aromatic heterocycles. The van der Waals surface area contributed by atoms with Crippen LogP contribution in [0.3, 0.4) is 0 Å². The fourth-order valence-electron chi connectivity index (χ4n) is 1.99. The largest absolute Gasteiger partial charge is 0.360 e. The highest BCUT2D eigenvalue weighted by atomic mass is 32.2. The van der Waals surface area contributed by atoms with Gasteiger partial charge in [-0.05, 0) is 40.5 Å². The Hall–Kier alpha value is -0.520. The van der Waals surface area contributed by atoms with Crippen LogP contribution in [0.2, 0.25) is 0 Å². The lowest BCUT2D eigenvalue weighted by Crippen LogP contribution is -2.35. The first-order chi connectivity index (χ1) is 9.35. The number of nitrogens with one attached hydrogen (secondary N) is 1. The summed E-state index contributed by atoms with van der Waals surface area (Å²) in [5.74, 6) is 2.09. The van der Waals surface area contributed by atoms with Crippen molar-refractivity contribution in [2.75, 3.05) is 19.1 Å². The van der Waals surface area contributed by atoms with Gasteiger partial charge in [-0.2, -0.15) is 11.8 Å². The first kappa shape index (κ1) is 17.5. The van der Waals surface area contributed by atoms with Gasteiger partial charge < -0.3 is 9.84 Å². The van der Waals surface area contributed by atoms with E-state index in [1.165, 1.54) is 0 Å². The third-order valence-corrected chi connectivity index (χ3v) is 3.98. The van der Waals surface area contributed by atoms with E-state index in [2.05, 4.69) is 62.4 Å². The maximum absolute atomic E-state index is 5.43. The van der Waals surface area contributed by atoms with Gasteiger partial charge in [0.2, 0.25) is 0 Å². The number of hydrogen-bond donors (Lipinski definition) is 1. The molecule has 1 rings (SSSR count). The Morgan fingerprint density at radius 2 is 2.15 bits per heavy atom. The Kier molecular flexibility index (Phi) is 7.06. The zero-order valence-corrected chi connectivity index (χ0v) is 14.5. The van der Waals surface area contributed by atoms with E-state index in [1.54, 1.807) is 0 Å². The lowest BCUT2D eigenvalue weighted by Gasteiger charge is -2.25. The molecule has 0 saturated carbocycles. The molecule has 1 atom stereocenters. The van der Waals surface area contributed by atoms with Crippen LogP contribution in [0.25, 0.3) is 0 Å². The Balaban J connectivity index is 2.50. The predicted octanol–water partition coefficient (Wildman–Crippen LogP) is 3.14. The van der Waals surface area contributed by atoms with E-state index in [-0.39, 0.29) is 5.54 Å². The summed E-state index contributed by atoms with van der Waals surface area (Å²) in [6.45, 7) is 10.2. The molecular formula is C15H29N3OS. The average Bonchev–Trinajstić information content (AvgIpc) is 2.80. The van der Waals surface area contributed by atoms with Crippen molar-refractivity contribution in [3.63, 3.8) is 0 Å². The molecule has 5 heteroatoms. The molecule has 0 aromatic carbocycles. The molecule has 4 nitrogen and oxygen atoms in total. The summed E-state index contributed by atoms with van der Waals surface area (Å²) >= 11 is 1.89.